The Labute approximate surface area is 129 Å². The molecule has 1 rings (SSSR count). The number of nitrogens with one attached hydrogen (secondary N) is 1. The molecular weight excluding hydrogens is 264 g/mol. The Hall–Kier alpha value is -0.380. The molecule has 0 aliphatic carbocycles. The summed E-state index contributed by atoms with van der Waals surface area (Å²) in [7, 11) is 0. The van der Waals surface area contributed by atoms with Gasteiger partial charge in [0.05, 0.1) is 0 Å². The van der Waals surface area contributed by atoms with Crippen LogP contribution in [0.1, 0.15) is 57.2 Å². The van der Waals surface area contributed by atoms with Gasteiger partial charge in [0.25, 0.3) is 0 Å². The molecule has 0 atom stereocenters. The van der Waals surface area contributed by atoms with Gasteiger partial charge in [-0.2, -0.15) is 0 Å². The van der Waals surface area contributed by atoms with E-state index >= 15 is 0 Å². The second-order valence-electron chi connectivity index (χ2n) is 5.94. The van der Waals surface area contributed by atoms with E-state index in [2.05, 4.69) is 57.0 Å². The summed E-state index contributed by atoms with van der Waals surface area (Å²) in [4.78, 5) is 5.63. The Balaban J connectivity index is 2.65. The summed E-state index contributed by atoms with van der Waals surface area (Å²) in [5.41, 5.74) is 0. The van der Waals surface area contributed by atoms with Gasteiger partial charge in [-0.1, -0.05) is 34.6 Å². The SMILES string of the molecule is CCNCc1ccc(CN(CC(C)C)C(CC)CC)s1. The van der Waals surface area contributed by atoms with Crippen LogP contribution in [0.15, 0.2) is 12.1 Å². The molecule has 20 heavy (non-hydrogen) atoms. The molecule has 0 radical (unpaired) electrons. The van der Waals surface area contributed by atoms with E-state index in [0.717, 1.165) is 31.6 Å². The molecule has 1 aromatic rings. The van der Waals surface area contributed by atoms with Gasteiger partial charge < -0.3 is 5.32 Å². The summed E-state index contributed by atoms with van der Waals surface area (Å²) in [6.07, 6.45) is 2.50. The standard InChI is InChI=1S/C17H32N2S/c1-6-15(7-2)19(12-14(4)5)13-17-10-9-16(20-17)11-18-8-3/h9-10,14-15,18H,6-8,11-13H2,1-5H3. The monoisotopic (exact) mass is 296 g/mol. The summed E-state index contributed by atoms with van der Waals surface area (Å²) in [6.45, 7) is 15.8. The van der Waals surface area contributed by atoms with Crippen LogP contribution in [0.5, 0.6) is 0 Å². The van der Waals surface area contributed by atoms with E-state index in [1.807, 2.05) is 11.3 Å². The van der Waals surface area contributed by atoms with Gasteiger partial charge in [0.15, 0.2) is 0 Å². The zero-order chi connectivity index (χ0) is 15.0. The normalized spacial score (nSPS) is 12.0. The first-order valence-electron chi connectivity index (χ1n) is 8.12. The van der Waals surface area contributed by atoms with Crippen molar-refractivity contribution in [2.75, 3.05) is 13.1 Å². The Bertz CT molecular complexity index is 356. The molecule has 2 nitrogen and oxygen atoms in total. The van der Waals surface area contributed by atoms with Crippen LogP contribution < -0.4 is 5.32 Å². The molecule has 0 aliphatic rings. The molecule has 116 valence electrons. The Kier molecular flexibility index (Phi) is 8.43. The highest BCUT2D eigenvalue weighted by Crippen LogP contribution is 2.21. The summed E-state index contributed by atoms with van der Waals surface area (Å²) < 4.78 is 0. The van der Waals surface area contributed by atoms with Crippen LogP contribution in [0, 0.1) is 5.92 Å². The van der Waals surface area contributed by atoms with Gasteiger partial charge in [0.1, 0.15) is 0 Å². The second kappa shape index (κ2) is 9.54. The molecule has 0 amide bonds. The lowest BCUT2D eigenvalue weighted by molar-refractivity contribution is 0.159. The van der Waals surface area contributed by atoms with Crippen molar-refractivity contribution in [3.63, 3.8) is 0 Å². The average Bonchev–Trinajstić information content (AvgIpc) is 2.84. The summed E-state index contributed by atoms with van der Waals surface area (Å²) in [6, 6.07) is 5.31. The molecule has 1 N–H and O–H groups in total. The van der Waals surface area contributed by atoms with Crippen LogP contribution in [-0.4, -0.2) is 24.0 Å². The minimum atomic E-state index is 0.719. The van der Waals surface area contributed by atoms with Crippen molar-refractivity contribution >= 4 is 11.3 Å². The number of nitrogens with zero attached hydrogens (tertiary/aromatic N) is 1. The summed E-state index contributed by atoms with van der Waals surface area (Å²) >= 11 is 1.96. The first-order chi connectivity index (χ1) is 9.60. The molecule has 0 aliphatic heterocycles. The molecular formula is C17H32N2S. The third-order valence-corrected chi connectivity index (χ3v) is 4.75. The molecule has 0 saturated carbocycles. The Morgan fingerprint density at radius 3 is 2.30 bits per heavy atom. The van der Waals surface area contributed by atoms with Gasteiger partial charge in [0, 0.05) is 35.4 Å². The number of hydrogen-bond donors (Lipinski definition) is 1. The quantitative estimate of drug-likeness (QED) is 0.683. The third-order valence-electron chi connectivity index (χ3n) is 3.68. The Morgan fingerprint density at radius 2 is 1.75 bits per heavy atom. The number of rotatable bonds is 10. The maximum atomic E-state index is 3.41. The Morgan fingerprint density at radius 1 is 1.10 bits per heavy atom. The molecule has 1 heterocycles. The molecule has 0 saturated heterocycles. The minimum Gasteiger partial charge on any atom is -0.312 e. The van der Waals surface area contributed by atoms with Crippen molar-refractivity contribution in [1.29, 1.82) is 0 Å². The predicted octanol–water partition coefficient (Wildman–Crippen LogP) is 4.50. The fourth-order valence-corrected chi connectivity index (χ4v) is 3.68. The lowest BCUT2D eigenvalue weighted by Crippen LogP contribution is -2.36. The van der Waals surface area contributed by atoms with Crippen LogP contribution in [0.4, 0.5) is 0 Å². The van der Waals surface area contributed by atoms with Crippen molar-refractivity contribution in [3.05, 3.63) is 21.9 Å². The molecule has 0 spiro atoms. The van der Waals surface area contributed by atoms with E-state index in [1.54, 1.807) is 0 Å². The fraction of sp³-hybridized carbons (Fsp3) is 0.765. The van der Waals surface area contributed by atoms with Crippen molar-refractivity contribution in [1.82, 2.24) is 10.2 Å². The second-order valence-corrected chi connectivity index (χ2v) is 7.19. The van der Waals surface area contributed by atoms with Gasteiger partial charge in [0.2, 0.25) is 0 Å². The van der Waals surface area contributed by atoms with E-state index in [1.165, 1.54) is 29.1 Å². The average molecular weight is 297 g/mol. The first kappa shape index (κ1) is 17.7. The smallest absolute Gasteiger partial charge is 0.0331 e. The lowest BCUT2D eigenvalue weighted by Gasteiger charge is -2.31. The van der Waals surface area contributed by atoms with Crippen molar-refractivity contribution in [3.8, 4) is 0 Å². The number of thiophene rings is 1. The minimum absolute atomic E-state index is 0.719. The van der Waals surface area contributed by atoms with Crippen LogP contribution in [0.2, 0.25) is 0 Å². The van der Waals surface area contributed by atoms with Crippen LogP contribution in [0.25, 0.3) is 0 Å². The highest BCUT2D eigenvalue weighted by atomic mass is 32.1. The van der Waals surface area contributed by atoms with Crippen molar-refractivity contribution in [2.24, 2.45) is 5.92 Å². The zero-order valence-corrected chi connectivity index (χ0v) is 14.7. The van der Waals surface area contributed by atoms with Crippen LogP contribution in [-0.2, 0) is 13.1 Å². The molecule has 0 bridgehead atoms. The van der Waals surface area contributed by atoms with Crippen LogP contribution in [0.3, 0.4) is 0 Å². The maximum absolute atomic E-state index is 3.41. The zero-order valence-electron chi connectivity index (χ0n) is 13.9. The van der Waals surface area contributed by atoms with E-state index in [-0.39, 0.29) is 0 Å². The third kappa shape index (κ3) is 5.94. The summed E-state index contributed by atoms with van der Waals surface area (Å²) in [5, 5.41) is 3.41. The molecule has 0 aromatic carbocycles. The maximum Gasteiger partial charge on any atom is 0.0331 e. The van der Waals surface area contributed by atoms with E-state index in [9.17, 15) is 0 Å². The largest absolute Gasteiger partial charge is 0.312 e. The predicted molar refractivity (Wildman–Crippen MR) is 91.3 cm³/mol. The van der Waals surface area contributed by atoms with Crippen molar-refractivity contribution < 1.29 is 0 Å². The van der Waals surface area contributed by atoms with E-state index < -0.39 is 0 Å². The first-order valence-corrected chi connectivity index (χ1v) is 8.94. The van der Waals surface area contributed by atoms with E-state index in [0.29, 0.717) is 0 Å². The van der Waals surface area contributed by atoms with Crippen LogP contribution >= 0.6 is 11.3 Å². The molecule has 0 fully saturated rings. The molecule has 3 heteroatoms. The topological polar surface area (TPSA) is 15.3 Å². The fourth-order valence-electron chi connectivity index (χ4n) is 2.67. The molecule has 1 aromatic heterocycles. The van der Waals surface area contributed by atoms with Gasteiger partial charge in [-0.3, -0.25) is 4.90 Å². The van der Waals surface area contributed by atoms with E-state index in [4.69, 9.17) is 0 Å². The molecule has 0 unspecified atom stereocenters. The lowest BCUT2D eigenvalue weighted by atomic mass is 10.1. The summed E-state index contributed by atoms with van der Waals surface area (Å²) in [5.74, 6) is 0.733. The van der Waals surface area contributed by atoms with Crippen molar-refractivity contribution in [2.45, 2.75) is 66.6 Å². The van der Waals surface area contributed by atoms with Gasteiger partial charge >= 0.3 is 0 Å². The van der Waals surface area contributed by atoms with Gasteiger partial charge in [-0.25, -0.2) is 0 Å². The van der Waals surface area contributed by atoms with Gasteiger partial charge in [-0.05, 0) is 37.4 Å². The highest BCUT2D eigenvalue weighted by Gasteiger charge is 2.17. The highest BCUT2D eigenvalue weighted by molar-refractivity contribution is 7.11. The van der Waals surface area contributed by atoms with Gasteiger partial charge in [-0.15, -0.1) is 11.3 Å². The number of hydrogen-bond acceptors (Lipinski definition) is 3.